The highest BCUT2D eigenvalue weighted by molar-refractivity contribution is 7.89. The number of likely N-dealkylation sites (N-methyl/N-ethyl adjacent to an activating group) is 1. The molecule has 1 aromatic rings. The summed E-state index contributed by atoms with van der Waals surface area (Å²) >= 11 is 0. The summed E-state index contributed by atoms with van der Waals surface area (Å²) in [6.07, 6.45) is 5.16. The normalized spacial score (nSPS) is 25.7. The summed E-state index contributed by atoms with van der Waals surface area (Å²) in [7, 11) is -3.44. The number of rotatable bonds is 8. The fourth-order valence-corrected chi connectivity index (χ4v) is 8.28. The van der Waals surface area contributed by atoms with Gasteiger partial charge in [-0.15, -0.1) is 0 Å². The lowest BCUT2D eigenvalue weighted by atomic mass is 9.49. The number of aryl methyl sites for hydroxylation is 3. The van der Waals surface area contributed by atoms with Gasteiger partial charge in [-0.2, -0.15) is 4.31 Å². The van der Waals surface area contributed by atoms with Gasteiger partial charge in [0.25, 0.3) is 0 Å². The molecule has 6 heteroatoms. The molecule has 4 aliphatic rings. The van der Waals surface area contributed by atoms with Crippen LogP contribution in [-0.4, -0.2) is 74.9 Å². The van der Waals surface area contributed by atoms with Gasteiger partial charge >= 0.3 is 0 Å². The Labute approximate surface area is 201 Å². The minimum Gasteiger partial charge on any atom is -0.299 e. The van der Waals surface area contributed by atoms with E-state index >= 15 is 0 Å². The van der Waals surface area contributed by atoms with E-state index in [-0.39, 0.29) is 0 Å². The molecule has 1 saturated carbocycles. The predicted molar refractivity (Wildman–Crippen MR) is 136 cm³/mol. The summed E-state index contributed by atoms with van der Waals surface area (Å²) in [5, 5.41) is 0. The molecule has 2 bridgehead atoms. The molecule has 0 N–H and O–H groups in total. The van der Waals surface area contributed by atoms with Crippen LogP contribution >= 0.6 is 0 Å². The van der Waals surface area contributed by atoms with E-state index < -0.39 is 10.0 Å². The minimum atomic E-state index is -3.44. The van der Waals surface area contributed by atoms with E-state index in [9.17, 15) is 8.42 Å². The van der Waals surface area contributed by atoms with Gasteiger partial charge in [0.15, 0.2) is 0 Å². The quantitative estimate of drug-likeness (QED) is 0.530. The number of hydrogen-bond donors (Lipinski definition) is 0. The molecule has 1 aromatic carbocycles. The van der Waals surface area contributed by atoms with Gasteiger partial charge in [0.2, 0.25) is 10.0 Å². The summed E-state index contributed by atoms with van der Waals surface area (Å²) in [6, 6.07) is 3.95. The summed E-state index contributed by atoms with van der Waals surface area (Å²) in [5.74, 6) is 1.66. The average molecular weight is 474 g/mol. The van der Waals surface area contributed by atoms with Gasteiger partial charge in [-0.25, -0.2) is 8.42 Å². The second kappa shape index (κ2) is 9.44. The fourth-order valence-electron chi connectivity index (χ4n) is 6.44. The van der Waals surface area contributed by atoms with Crippen molar-refractivity contribution < 1.29 is 8.42 Å². The maximum absolute atomic E-state index is 13.4. The van der Waals surface area contributed by atoms with Gasteiger partial charge < -0.3 is 0 Å². The lowest BCUT2D eigenvalue weighted by molar-refractivity contribution is -0.0107. The van der Waals surface area contributed by atoms with E-state index in [1.54, 1.807) is 9.88 Å². The van der Waals surface area contributed by atoms with Crippen LogP contribution in [0.2, 0.25) is 0 Å². The number of benzene rings is 1. The van der Waals surface area contributed by atoms with Crippen LogP contribution in [0, 0.1) is 38.0 Å². The Morgan fingerprint density at radius 3 is 2.24 bits per heavy atom. The van der Waals surface area contributed by atoms with Crippen molar-refractivity contribution in [3.8, 4) is 0 Å². The zero-order valence-corrected chi connectivity index (χ0v) is 22.3. The third-order valence-electron chi connectivity index (χ3n) is 8.70. The number of sulfonamides is 1. The molecule has 2 fully saturated rings. The summed E-state index contributed by atoms with van der Waals surface area (Å²) in [4.78, 5) is 5.51. The smallest absolute Gasteiger partial charge is 0.243 e. The van der Waals surface area contributed by atoms with Crippen molar-refractivity contribution >= 4 is 10.0 Å². The van der Waals surface area contributed by atoms with Gasteiger partial charge in [0.05, 0.1) is 4.90 Å². The van der Waals surface area contributed by atoms with Crippen LogP contribution in [0.4, 0.5) is 0 Å². The maximum Gasteiger partial charge on any atom is 0.243 e. The second-order valence-electron chi connectivity index (χ2n) is 11.2. The van der Waals surface area contributed by atoms with Crippen LogP contribution in [0.3, 0.4) is 0 Å². The zero-order valence-electron chi connectivity index (χ0n) is 21.5. The van der Waals surface area contributed by atoms with Crippen LogP contribution in [0.1, 0.15) is 50.3 Å². The van der Waals surface area contributed by atoms with Crippen molar-refractivity contribution in [1.29, 1.82) is 0 Å². The number of nitrogens with zero attached hydrogens (tertiary/aromatic N) is 3. The van der Waals surface area contributed by atoms with Gasteiger partial charge in [-0.1, -0.05) is 50.1 Å². The molecule has 1 aliphatic heterocycles. The monoisotopic (exact) mass is 473 g/mol. The molecule has 0 amide bonds. The lowest BCUT2D eigenvalue weighted by Gasteiger charge is -2.57. The highest BCUT2D eigenvalue weighted by atomic mass is 32.2. The van der Waals surface area contributed by atoms with Gasteiger partial charge in [0.1, 0.15) is 0 Å². The molecule has 184 valence electrons. The molecular weight excluding hydrogens is 430 g/mol. The Morgan fingerprint density at radius 2 is 1.70 bits per heavy atom. The van der Waals surface area contributed by atoms with E-state index in [1.807, 2.05) is 32.9 Å². The number of hydrogen-bond acceptors (Lipinski definition) is 4. The van der Waals surface area contributed by atoms with Crippen molar-refractivity contribution in [3.05, 3.63) is 40.5 Å². The number of fused-ring (bicyclic) bond motifs is 1. The first-order valence-electron chi connectivity index (χ1n) is 12.8. The van der Waals surface area contributed by atoms with E-state index in [0.29, 0.717) is 23.4 Å². The van der Waals surface area contributed by atoms with Gasteiger partial charge in [0, 0.05) is 45.8 Å². The molecular formula is C27H43N3O2S. The van der Waals surface area contributed by atoms with Crippen LogP contribution in [0.25, 0.3) is 0 Å². The maximum atomic E-state index is 13.4. The molecule has 2 unspecified atom stereocenters. The van der Waals surface area contributed by atoms with Crippen molar-refractivity contribution in [2.24, 2.45) is 17.3 Å². The average Bonchev–Trinajstić information content (AvgIpc) is 2.76. The first kappa shape index (κ1) is 24.9. The summed E-state index contributed by atoms with van der Waals surface area (Å²) in [6.45, 7) is 20.0. The Kier molecular flexibility index (Phi) is 7.13. The highest BCUT2D eigenvalue weighted by Crippen LogP contribution is 2.59. The van der Waals surface area contributed by atoms with Gasteiger partial charge in [-0.05, 0) is 68.5 Å². The molecule has 5 rings (SSSR count). The standard InChI is InChI=1S/C27H43N3O2S/c1-7-28(19-23-8-9-24-18-25(23)27(24,5)6)10-11-29-12-14-30(15-13-29)33(31,32)26-21(3)16-20(2)17-22(26)4/h8,16-17,24-25H,7,9-15,18-19H2,1-6H3. The van der Waals surface area contributed by atoms with Crippen LogP contribution in [0.15, 0.2) is 28.7 Å². The largest absolute Gasteiger partial charge is 0.299 e. The lowest BCUT2D eigenvalue weighted by Crippen LogP contribution is -2.51. The Balaban J connectivity index is 1.30. The van der Waals surface area contributed by atoms with E-state index in [2.05, 4.69) is 36.6 Å². The molecule has 5 nitrogen and oxygen atoms in total. The summed E-state index contributed by atoms with van der Waals surface area (Å²) < 4.78 is 28.4. The van der Waals surface area contributed by atoms with Crippen molar-refractivity contribution in [1.82, 2.24) is 14.1 Å². The molecule has 33 heavy (non-hydrogen) atoms. The van der Waals surface area contributed by atoms with E-state index in [0.717, 1.165) is 67.8 Å². The van der Waals surface area contributed by atoms with Crippen molar-refractivity contribution in [3.63, 3.8) is 0 Å². The highest BCUT2D eigenvalue weighted by Gasteiger charge is 2.51. The van der Waals surface area contributed by atoms with Crippen molar-refractivity contribution in [2.75, 3.05) is 52.4 Å². The molecule has 1 saturated heterocycles. The zero-order chi connectivity index (χ0) is 24.0. The number of piperazine rings is 1. The van der Waals surface area contributed by atoms with Crippen LogP contribution < -0.4 is 0 Å². The third kappa shape index (κ3) is 4.82. The first-order chi connectivity index (χ1) is 15.5. The molecule has 0 radical (unpaired) electrons. The fraction of sp³-hybridized carbons (Fsp3) is 0.704. The molecule has 0 spiro atoms. The topological polar surface area (TPSA) is 43.9 Å². The van der Waals surface area contributed by atoms with Gasteiger partial charge in [-0.3, -0.25) is 9.80 Å². The Hall–Kier alpha value is -1.21. The number of allylic oxidation sites excluding steroid dienone is 1. The van der Waals surface area contributed by atoms with E-state index in [4.69, 9.17) is 0 Å². The Morgan fingerprint density at radius 1 is 1.06 bits per heavy atom. The van der Waals surface area contributed by atoms with Crippen LogP contribution in [0.5, 0.6) is 0 Å². The SMILES string of the molecule is CCN(CCN1CCN(S(=O)(=O)c2c(C)cc(C)cc2C)CC1)CC1=CCC2CC1C2(C)C. The van der Waals surface area contributed by atoms with Crippen LogP contribution in [-0.2, 0) is 10.0 Å². The molecule has 3 aliphatic carbocycles. The van der Waals surface area contributed by atoms with E-state index in [1.165, 1.54) is 12.8 Å². The summed E-state index contributed by atoms with van der Waals surface area (Å²) in [5.41, 5.74) is 4.96. The third-order valence-corrected chi connectivity index (χ3v) is 10.9. The van der Waals surface area contributed by atoms with Crippen molar-refractivity contribution in [2.45, 2.75) is 59.3 Å². The first-order valence-corrected chi connectivity index (χ1v) is 14.2. The predicted octanol–water partition coefficient (Wildman–Crippen LogP) is 4.23. The molecule has 2 atom stereocenters. The molecule has 0 aromatic heterocycles. The Bertz CT molecular complexity index is 983. The second-order valence-corrected chi connectivity index (χ2v) is 13.0. The minimum absolute atomic E-state index is 0.486. The molecule has 1 heterocycles.